The summed E-state index contributed by atoms with van der Waals surface area (Å²) in [6.07, 6.45) is 6.59. The molecule has 2 rings (SSSR count). The highest BCUT2D eigenvalue weighted by molar-refractivity contribution is 5.74. The zero-order chi connectivity index (χ0) is 15.1. The Morgan fingerprint density at radius 2 is 1.86 bits per heavy atom. The van der Waals surface area contributed by atoms with Crippen molar-refractivity contribution in [3.05, 3.63) is 29.8 Å². The second kappa shape index (κ2) is 7.91. The fourth-order valence-corrected chi connectivity index (χ4v) is 2.56. The summed E-state index contributed by atoms with van der Waals surface area (Å²) in [4.78, 5) is 11.5. The van der Waals surface area contributed by atoms with E-state index in [0.717, 1.165) is 11.3 Å². The van der Waals surface area contributed by atoms with Crippen LogP contribution in [0.15, 0.2) is 24.3 Å². The summed E-state index contributed by atoms with van der Waals surface area (Å²) in [6, 6.07) is 8.02. The summed E-state index contributed by atoms with van der Waals surface area (Å²) in [5, 5.41) is 5.64. The highest BCUT2D eigenvalue weighted by Crippen LogP contribution is 2.23. The SMILES string of the molecule is CC(C)NC(=O)NCc1ccc(OC2CCCCC2)cc1. The van der Waals surface area contributed by atoms with Crippen LogP contribution in [0.2, 0.25) is 0 Å². The van der Waals surface area contributed by atoms with Crippen molar-refractivity contribution in [3.8, 4) is 5.75 Å². The summed E-state index contributed by atoms with van der Waals surface area (Å²) in [5.74, 6) is 0.928. The average Bonchev–Trinajstić information content (AvgIpc) is 2.47. The van der Waals surface area contributed by atoms with Crippen molar-refractivity contribution in [2.45, 2.75) is 64.6 Å². The topological polar surface area (TPSA) is 50.4 Å². The molecule has 0 atom stereocenters. The van der Waals surface area contributed by atoms with Crippen molar-refractivity contribution in [1.82, 2.24) is 10.6 Å². The van der Waals surface area contributed by atoms with E-state index in [-0.39, 0.29) is 12.1 Å². The van der Waals surface area contributed by atoms with Crippen molar-refractivity contribution in [1.29, 1.82) is 0 Å². The van der Waals surface area contributed by atoms with E-state index in [1.807, 2.05) is 38.1 Å². The van der Waals surface area contributed by atoms with Crippen molar-refractivity contribution in [2.75, 3.05) is 0 Å². The standard InChI is InChI=1S/C17H26N2O2/c1-13(2)19-17(20)18-12-14-8-10-16(11-9-14)21-15-6-4-3-5-7-15/h8-11,13,15H,3-7,12H2,1-2H3,(H2,18,19,20). The van der Waals surface area contributed by atoms with Gasteiger partial charge < -0.3 is 15.4 Å². The van der Waals surface area contributed by atoms with Gasteiger partial charge in [0.05, 0.1) is 6.10 Å². The number of ether oxygens (including phenoxy) is 1. The van der Waals surface area contributed by atoms with Crippen LogP contribution in [0.5, 0.6) is 5.75 Å². The highest BCUT2D eigenvalue weighted by Gasteiger charge is 2.14. The van der Waals surface area contributed by atoms with Crippen LogP contribution >= 0.6 is 0 Å². The fourth-order valence-electron chi connectivity index (χ4n) is 2.56. The molecule has 1 saturated carbocycles. The zero-order valence-electron chi connectivity index (χ0n) is 13.0. The van der Waals surface area contributed by atoms with Crippen LogP contribution in [-0.4, -0.2) is 18.2 Å². The summed E-state index contributed by atoms with van der Waals surface area (Å²) in [6.45, 7) is 4.41. The minimum atomic E-state index is -0.132. The Hall–Kier alpha value is -1.71. The predicted octanol–water partition coefficient (Wildman–Crippen LogP) is 3.61. The average molecular weight is 290 g/mol. The Morgan fingerprint density at radius 1 is 1.19 bits per heavy atom. The largest absolute Gasteiger partial charge is 0.490 e. The first-order valence-corrected chi connectivity index (χ1v) is 7.93. The molecule has 4 nitrogen and oxygen atoms in total. The molecule has 0 unspecified atom stereocenters. The van der Waals surface area contributed by atoms with Crippen LogP contribution in [-0.2, 0) is 6.54 Å². The van der Waals surface area contributed by atoms with Gasteiger partial charge in [0.1, 0.15) is 5.75 Å². The number of amides is 2. The Kier molecular flexibility index (Phi) is 5.90. The smallest absolute Gasteiger partial charge is 0.315 e. The van der Waals surface area contributed by atoms with Crippen molar-refractivity contribution >= 4 is 6.03 Å². The molecule has 0 saturated heterocycles. The van der Waals surface area contributed by atoms with Crippen LogP contribution in [0, 0.1) is 0 Å². The maximum absolute atomic E-state index is 11.5. The number of hydrogen-bond acceptors (Lipinski definition) is 2. The number of carbonyl (C=O) groups is 1. The van der Waals surface area contributed by atoms with Gasteiger partial charge >= 0.3 is 6.03 Å². The quantitative estimate of drug-likeness (QED) is 0.870. The van der Waals surface area contributed by atoms with E-state index in [9.17, 15) is 4.79 Å². The molecule has 0 heterocycles. The third kappa shape index (κ3) is 5.66. The van der Waals surface area contributed by atoms with E-state index in [1.165, 1.54) is 32.1 Å². The predicted molar refractivity (Wildman–Crippen MR) is 84.5 cm³/mol. The summed E-state index contributed by atoms with van der Waals surface area (Å²) < 4.78 is 5.99. The first-order chi connectivity index (χ1) is 10.1. The van der Waals surface area contributed by atoms with Gasteiger partial charge in [-0.2, -0.15) is 0 Å². The molecular formula is C17H26N2O2. The first kappa shape index (κ1) is 15.7. The minimum Gasteiger partial charge on any atom is -0.490 e. The molecule has 1 aromatic rings. The third-order valence-corrected chi connectivity index (χ3v) is 3.65. The number of rotatable bonds is 5. The van der Waals surface area contributed by atoms with Gasteiger partial charge in [0, 0.05) is 12.6 Å². The molecular weight excluding hydrogens is 264 g/mol. The highest BCUT2D eigenvalue weighted by atomic mass is 16.5. The number of carbonyl (C=O) groups excluding carboxylic acids is 1. The molecule has 0 aromatic heterocycles. The molecule has 1 aromatic carbocycles. The second-order valence-electron chi connectivity index (χ2n) is 6.00. The Labute approximate surface area is 127 Å². The lowest BCUT2D eigenvalue weighted by molar-refractivity contribution is 0.155. The third-order valence-electron chi connectivity index (χ3n) is 3.65. The Morgan fingerprint density at radius 3 is 2.48 bits per heavy atom. The molecule has 1 aliphatic carbocycles. The van der Waals surface area contributed by atoms with Gasteiger partial charge in [-0.05, 0) is 57.2 Å². The van der Waals surface area contributed by atoms with Crippen molar-refractivity contribution in [3.63, 3.8) is 0 Å². The van der Waals surface area contributed by atoms with Crippen molar-refractivity contribution in [2.24, 2.45) is 0 Å². The van der Waals surface area contributed by atoms with Crippen LogP contribution in [0.3, 0.4) is 0 Å². The molecule has 2 N–H and O–H groups in total. The molecule has 21 heavy (non-hydrogen) atoms. The van der Waals surface area contributed by atoms with Gasteiger partial charge in [0.25, 0.3) is 0 Å². The van der Waals surface area contributed by atoms with Crippen LogP contribution in [0.1, 0.15) is 51.5 Å². The van der Waals surface area contributed by atoms with E-state index in [0.29, 0.717) is 12.6 Å². The van der Waals surface area contributed by atoms with E-state index >= 15 is 0 Å². The normalized spacial score (nSPS) is 15.8. The van der Waals surface area contributed by atoms with Crippen molar-refractivity contribution < 1.29 is 9.53 Å². The number of hydrogen-bond donors (Lipinski definition) is 2. The molecule has 1 aliphatic rings. The van der Waals surface area contributed by atoms with Gasteiger partial charge in [0.2, 0.25) is 0 Å². The summed E-state index contributed by atoms with van der Waals surface area (Å²) in [5.41, 5.74) is 1.07. The monoisotopic (exact) mass is 290 g/mol. The molecule has 0 radical (unpaired) electrons. The van der Waals surface area contributed by atoms with E-state index < -0.39 is 0 Å². The number of urea groups is 1. The van der Waals surface area contributed by atoms with Gasteiger partial charge in [0.15, 0.2) is 0 Å². The number of nitrogens with one attached hydrogen (secondary N) is 2. The number of benzene rings is 1. The van der Waals surface area contributed by atoms with Crippen LogP contribution in [0.4, 0.5) is 4.79 Å². The maximum Gasteiger partial charge on any atom is 0.315 e. The molecule has 0 bridgehead atoms. The summed E-state index contributed by atoms with van der Waals surface area (Å²) >= 11 is 0. The van der Waals surface area contributed by atoms with Gasteiger partial charge in [-0.1, -0.05) is 18.6 Å². The Bertz CT molecular complexity index is 437. The molecule has 116 valence electrons. The molecule has 2 amide bonds. The van der Waals surface area contributed by atoms with Gasteiger partial charge in [-0.3, -0.25) is 0 Å². The Balaban J connectivity index is 1.77. The maximum atomic E-state index is 11.5. The lowest BCUT2D eigenvalue weighted by Gasteiger charge is -2.23. The molecule has 0 spiro atoms. The first-order valence-electron chi connectivity index (χ1n) is 7.93. The van der Waals surface area contributed by atoms with Gasteiger partial charge in [-0.15, -0.1) is 0 Å². The summed E-state index contributed by atoms with van der Waals surface area (Å²) in [7, 11) is 0. The van der Waals surface area contributed by atoms with E-state index in [2.05, 4.69) is 10.6 Å². The lowest BCUT2D eigenvalue weighted by Crippen LogP contribution is -2.39. The molecule has 4 heteroatoms. The molecule has 0 aliphatic heterocycles. The lowest BCUT2D eigenvalue weighted by atomic mass is 9.98. The molecule has 1 fully saturated rings. The minimum absolute atomic E-state index is 0.132. The zero-order valence-corrected chi connectivity index (χ0v) is 13.0. The van der Waals surface area contributed by atoms with E-state index in [1.54, 1.807) is 0 Å². The van der Waals surface area contributed by atoms with Crippen LogP contribution < -0.4 is 15.4 Å². The van der Waals surface area contributed by atoms with Crippen LogP contribution in [0.25, 0.3) is 0 Å². The van der Waals surface area contributed by atoms with Gasteiger partial charge in [-0.25, -0.2) is 4.79 Å². The van der Waals surface area contributed by atoms with E-state index in [4.69, 9.17) is 4.74 Å². The fraction of sp³-hybridized carbons (Fsp3) is 0.588. The second-order valence-corrected chi connectivity index (χ2v) is 6.00.